The van der Waals surface area contributed by atoms with Gasteiger partial charge in [-0.05, 0) is 43.8 Å². The van der Waals surface area contributed by atoms with Crippen molar-refractivity contribution in [3.63, 3.8) is 0 Å². The van der Waals surface area contributed by atoms with Crippen molar-refractivity contribution < 1.29 is 0 Å². The zero-order chi connectivity index (χ0) is 9.10. The Balaban J connectivity index is 1.83. The van der Waals surface area contributed by atoms with Gasteiger partial charge in [-0.3, -0.25) is 4.72 Å². The number of hydrogen-bond acceptors (Lipinski definition) is 2. The van der Waals surface area contributed by atoms with E-state index in [1.165, 1.54) is 29.7 Å². The van der Waals surface area contributed by atoms with Gasteiger partial charge in [-0.25, -0.2) is 0 Å². The fourth-order valence-corrected chi connectivity index (χ4v) is 2.09. The Morgan fingerprint density at radius 3 is 2.46 bits per heavy atom. The van der Waals surface area contributed by atoms with Crippen molar-refractivity contribution in [3.05, 3.63) is 29.8 Å². The molecular weight excluding hydrogens is 178 g/mol. The van der Waals surface area contributed by atoms with Crippen molar-refractivity contribution in [1.82, 2.24) is 4.72 Å². The Morgan fingerprint density at radius 1 is 1.23 bits per heavy atom. The molecule has 0 aromatic heterocycles. The highest BCUT2D eigenvalue weighted by Crippen LogP contribution is 2.23. The van der Waals surface area contributed by atoms with E-state index in [1.54, 1.807) is 11.9 Å². The van der Waals surface area contributed by atoms with Crippen LogP contribution in [0.15, 0.2) is 29.2 Å². The summed E-state index contributed by atoms with van der Waals surface area (Å²) in [6.07, 6.45) is 4.09. The first-order chi connectivity index (χ1) is 6.34. The number of rotatable bonds is 3. The van der Waals surface area contributed by atoms with E-state index < -0.39 is 0 Å². The molecule has 0 saturated heterocycles. The van der Waals surface area contributed by atoms with Crippen LogP contribution in [0.5, 0.6) is 0 Å². The van der Waals surface area contributed by atoms with E-state index >= 15 is 0 Å². The predicted molar refractivity (Wildman–Crippen MR) is 57.8 cm³/mol. The largest absolute Gasteiger partial charge is 0.257 e. The molecule has 70 valence electrons. The molecule has 1 aromatic rings. The van der Waals surface area contributed by atoms with Gasteiger partial charge >= 0.3 is 0 Å². The highest BCUT2D eigenvalue weighted by molar-refractivity contribution is 7.97. The molecule has 1 saturated carbocycles. The molecule has 0 atom stereocenters. The van der Waals surface area contributed by atoms with Gasteiger partial charge in [0.05, 0.1) is 0 Å². The molecule has 2 heteroatoms. The molecule has 1 aromatic carbocycles. The SMILES string of the molecule is Cc1ccc(SNC2CCC2)cc1. The van der Waals surface area contributed by atoms with Crippen LogP contribution in [0.3, 0.4) is 0 Å². The lowest BCUT2D eigenvalue weighted by molar-refractivity contribution is 0.395. The Bertz CT molecular complexity index is 264. The van der Waals surface area contributed by atoms with E-state index in [4.69, 9.17) is 0 Å². The first-order valence-electron chi connectivity index (χ1n) is 4.83. The molecule has 1 N–H and O–H groups in total. The highest BCUT2D eigenvalue weighted by atomic mass is 32.2. The minimum absolute atomic E-state index is 0.756. The maximum Gasteiger partial charge on any atom is 0.0228 e. The summed E-state index contributed by atoms with van der Waals surface area (Å²) in [5.74, 6) is 0. The number of benzene rings is 1. The van der Waals surface area contributed by atoms with Gasteiger partial charge in [0.25, 0.3) is 0 Å². The predicted octanol–water partition coefficient (Wildman–Crippen LogP) is 3.14. The Hall–Kier alpha value is -0.470. The van der Waals surface area contributed by atoms with Crippen LogP contribution in [0.4, 0.5) is 0 Å². The average Bonchev–Trinajstić information content (AvgIpc) is 2.05. The van der Waals surface area contributed by atoms with E-state index in [1.807, 2.05) is 0 Å². The van der Waals surface area contributed by atoms with Crippen molar-refractivity contribution >= 4 is 11.9 Å². The van der Waals surface area contributed by atoms with Gasteiger partial charge in [0, 0.05) is 10.9 Å². The van der Waals surface area contributed by atoms with Crippen LogP contribution in [0.2, 0.25) is 0 Å². The Kier molecular flexibility index (Phi) is 2.91. The van der Waals surface area contributed by atoms with Crippen LogP contribution in [0, 0.1) is 6.92 Å². The molecule has 0 radical (unpaired) electrons. The molecule has 0 amide bonds. The third kappa shape index (κ3) is 2.48. The average molecular weight is 193 g/mol. The molecule has 2 rings (SSSR count). The second kappa shape index (κ2) is 4.16. The molecule has 0 heterocycles. The van der Waals surface area contributed by atoms with Crippen molar-refractivity contribution in [2.24, 2.45) is 0 Å². The van der Waals surface area contributed by atoms with E-state index in [0.717, 1.165) is 6.04 Å². The van der Waals surface area contributed by atoms with Gasteiger partial charge in [-0.15, -0.1) is 0 Å². The number of nitrogens with one attached hydrogen (secondary N) is 1. The Morgan fingerprint density at radius 2 is 1.92 bits per heavy atom. The van der Waals surface area contributed by atoms with E-state index in [0.29, 0.717) is 0 Å². The molecule has 1 aliphatic carbocycles. The molecule has 0 spiro atoms. The monoisotopic (exact) mass is 193 g/mol. The first-order valence-corrected chi connectivity index (χ1v) is 5.65. The van der Waals surface area contributed by atoms with E-state index in [-0.39, 0.29) is 0 Å². The quantitative estimate of drug-likeness (QED) is 0.740. The summed E-state index contributed by atoms with van der Waals surface area (Å²) in [5, 5.41) is 0. The molecule has 0 aliphatic heterocycles. The standard InChI is InChI=1S/C11H15NS/c1-9-5-7-11(8-6-9)13-12-10-3-2-4-10/h5-8,10,12H,2-4H2,1H3. The summed E-state index contributed by atoms with van der Waals surface area (Å²) in [5.41, 5.74) is 1.33. The minimum atomic E-state index is 0.756. The van der Waals surface area contributed by atoms with E-state index in [2.05, 4.69) is 35.9 Å². The fraction of sp³-hybridized carbons (Fsp3) is 0.455. The molecule has 1 aliphatic rings. The van der Waals surface area contributed by atoms with Crippen LogP contribution < -0.4 is 4.72 Å². The molecular formula is C11H15NS. The van der Waals surface area contributed by atoms with Crippen LogP contribution in [0.25, 0.3) is 0 Å². The number of hydrogen-bond donors (Lipinski definition) is 1. The van der Waals surface area contributed by atoms with Crippen LogP contribution >= 0.6 is 11.9 Å². The molecule has 13 heavy (non-hydrogen) atoms. The van der Waals surface area contributed by atoms with Crippen LogP contribution in [0.1, 0.15) is 24.8 Å². The smallest absolute Gasteiger partial charge is 0.0228 e. The lowest BCUT2D eigenvalue weighted by Gasteiger charge is -2.25. The summed E-state index contributed by atoms with van der Waals surface area (Å²) >= 11 is 1.76. The second-order valence-corrected chi connectivity index (χ2v) is 4.57. The molecule has 1 nitrogen and oxygen atoms in total. The van der Waals surface area contributed by atoms with Crippen molar-refractivity contribution in [1.29, 1.82) is 0 Å². The molecule has 0 unspecified atom stereocenters. The van der Waals surface area contributed by atoms with Crippen molar-refractivity contribution in [2.45, 2.75) is 37.1 Å². The minimum Gasteiger partial charge on any atom is -0.257 e. The fourth-order valence-electron chi connectivity index (χ4n) is 1.28. The summed E-state index contributed by atoms with van der Waals surface area (Å²) in [6.45, 7) is 2.12. The summed E-state index contributed by atoms with van der Waals surface area (Å²) < 4.78 is 3.47. The topological polar surface area (TPSA) is 12.0 Å². The normalized spacial score (nSPS) is 17.0. The van der Waals surface area contributed by atoms with Gasteiger partial charge < -0.3 is 0 Å². The van der Waals surface area contributed by atoms with Gasteiger partial charge in [-0.1, -0.05) is 24.1 Å². The van der Waals surface area contributed by atoms with Gasteiger partial charge in [0.15, 0.2) is 0 Å². The Labute approximate surface area is 84.1 Å². The molecule has 1 fully saturated rings. The van der Waals surface area contributed by atoms with Gasteiger partial charge in [0.1, 0.15) is 0 Å². The highest BCUT2D eigenvalue weighted by Gasteiger charge is 2.16. The van der Waals surface area contributed by atoms with Crippen LogP contribution in [-0.4, -0.2) is 6.04 Å². The van der Waals surface area contributed by atoms with Gasteiger partial charge in [-0.2, -0.15) is 0 Å². The van der Waals surface area contributed by atoms with Gasteiger partial charge in [0.2, 0.25) is 0 Å². The number of aryl methyl sites for hydroxylation is 1. The van der Waals surface area contributed by atoms with Crippen molar-refractivity contribution in [2.75, 3.05) is 0 Å². The lowest BCUT2D eigenvalue weighted by atomic mass is 9.94. The first kappa shape index (κ1) is 9.10. The zero-order valence-electron chi connectivity index (χ0n) is 7.92. The maximum atomic E-state index is 3.47. The third-order valence-electron chi connectivity index (χ3n) is 2.47. The second-order valence-electron chi connectivity index (χ2n) is 3.66. The third-order valence-corrected chi connectivity index (χ3v) is 3.43. The zero-order valence-corrected chi connectivity index (χ0v) is 8.73. The van der Waals surface area contributed by atoms with Crippen molar-refractivity contribution in [3.8, 4) is 0 Å². The lowest BCUT2D eigenvalue weighted by Crippen LogP contribution is -2.29. The molecule has 0 bridgehead atoms. The summed E-state index contributed by atoms with van der Waals surface area (Å²) in [6, 6.07) is 9.42. The summed E-state index contributed by atoms with van der Waals surface area (Å²) in [7, 11) is 0. The maximum absolute atomic E-state index is 3.47. The van der Waals surface area contributed by atoms with E-state index in [9.17, 15) is 0 Å². The summed E-state index contributed by atoms with van der Waals surface area (Å²) in [4.78, 5) is 1.32. The van der Waals surface area contributed by atoms with Crippen LogP contribution in [-0.2, 0) is 0 Å².